The van der Waals surface area contributed by atoms with Crippen LogP contribution in [0.2, 0.25) is 0 Å². The summed E-state index contributed by atoms with van der Waals surface area (Å²) in [5.41, 5.74) is 4.03. The minimum atomic E-state index is 0.0864. The molecule has 5 atom stereocenters. The van der Waals surface area contributed by atoms with Crippen LogP contribution < -0.4 is 5.43 Å². The van der Waals surface area contributed by atoms with Crippen molar-refractivity contribution in [2.75, 3.05) is 0 Å². The summed E-state index contributed by atoms with van der Waals surface area (Å²) in [6, 6.07) is 10.3. The zero-order chi connectivity index (χ0) is 14.2. The van der Waals surface area contributed by atoms with E-state index < -0.39 is 0 Å². The lowest BCUT2D eigenvalue weighted by atomic mass is 9.90. The summed E-state index contributed by atoms with van der Waals surface area (Å²) >= 11 is 0. The fourth-order valence-electron chi connectivity index (χ4n) is 4.31. The maximum atomic E-state index is 12.1. The summed E-state index contributed by atoms with van der Waals surface area (Å²) in [6.07, 6.45) is 8.38. The van der Waals surface area contributed by atoms with Crippen LogP contribution in [0.3, 0.4) is 0 Å². The van der Waals surface area contributed by atoms with Gasteiger partial charge in [0, 0.05) is 12.1 Å². The van der Waals surface area contributed by atoms with Gasteiger partial charge in [-0.25, -0.2) is 5.43 Å². The van der Waals surface area contributed by atoms with Gasteiger partial charge in [0.15, 0.2) is 0 Å². The molecule has 0 radical (unpaired) electrons. The van der Waals surface area contributed by atoms with Crippen LogP contribution >= 0.6 is 0 Å². The lowest BCUT2D eigenvalue weighted by Crippen LogP contribution is -2.22. The molecule has 110 valence electrons. The number of fused-ring (bicyclic) bond motifs is 2. The molecule has 0 unspecified atom stereocenters. The van der Waals surface area contributed by atoms with Crippen LogP contribution in [0.15, 0.2) is 35.4 Å². The Labute approximate surface area is 125 Å². The lowest BCUT2D eigenvalue weighted by Gasteiger charge is -2.16. The Morgan fingerprint density at radius 2 is 2.00 bits per heavy atom. The van der Waals surface area contributed by atoms with Gasteiger partial charge in [-0.15, -0.1) is 0 Å². The first kappa shape index (κ1) is 13.1. The van der Waals surface area contributed by atoms with E-state index in [2.05, 4.69) is 22.7 Å². The van der Waals surface area contributed by atoms with Crippen LogP contribution in [0, 0.1) is 23.7 Å². The Hall–Kier alpha value is -1.64. The highest BCUT2D eigenvalue weighted by molar-refractivity contribution is 5.83. The molecule has 0 heterocycles. The minimum absolute atomic E-state index is 0.0864. The van der Waals surface area contributed by atoms with Gasteiger partial charge in [0.1, 0.15) is 0 Å². The highest BCUT2D eigenvalue weighted by atomic mass is 16.2. The van der Waals surface area contributed by atoms with Gasteiger partial charge >= 0.3 is 0 Å². The van der Waals surface area contributed by atoms with Crippen LogP contribution in [-0.4, -0.2) is 12.1 Å². The normalized spacial score (nSPS) is 37.0. The number of nitrogens with one attached hydrogen (secondary N) is 1. The van der Waals surface area contributed by atoms with Gasteiger partial charge in [-0.2, -0.15) is 5.10 Å². The van der Waals surface area contributed by atoms with Crippen molar-refractivity contribution in [1.82, 2.24) is 5.43 Å². The van der Waals surface area contributed by atoms with Crippen molar-refractivity contribution in [1.29, 1.82) is 0 Å². The summed E-state index contributed by atoms with van der Waals surface area (Å²) in [5, 5.41) is 4.24. The van der Waals surface area contributed by atoms with Crippen molar-refractivity contribution in [3.05, 3.63) is 35.9 Å². The number of hydrogen-bond acceptors (Lipinski definition) is 2. The first-order valence-corrected chi connectivity index (χ1v) is 8.19. The quantitative estimate of drug-likeness (QED) is 0.668. The molecule has 3 aliphatic carbocycles. The zero-order valence-electron chi connectivity index (χ0n) is 12.2. The summed E-state index contributed by atoms with van der Waals surface area (Å²) in [5.74, 6) is 2.95. The molecule has 1 aromatic rings. The van der Waals surface area contributed by atoms with Gasteiger partial charge in [0.05, 0.1) is 0 Å². The van der Waals surface area contributed by atoms with E-state index in [1.165, 1.54) is 31.2 Å². The van der Waals surface area contributed by atoms with Gasteiger partial charge in [-0.3, -0.25) is 4.79 Å². The van der Waals surface area contributed by atoms with E-state index in [9.17, 15) is 4.79 Å². The van der Waals surface area contributed by atoms with Crippen LogP contribution in [-0.2, 0) is 4.79 Å². The van der Waals surface area contributed by atoms with Crippen LogP contribution in [0.4, 0.5) is 0 Å². The van der Waals surface area contributed by atoms with Crippen molar-refractivity contribution < 1.29 is 4.79 Å². The first-order chi connectivity index (χ1) is 10.3. The Morgan fingerprint density at radius 3 is 2.71 bits per heavy atom. The van der Waals surface area contributed by atoms with E-state index in [1.807, 2.05) is 24.4 Å². The van der Waals surface area contributed by atoms with Crippen molar-refractivity contribution in [3.63, 3.8) is 0 Å². The van der Waals surface area contributed by atoms with Crippen LogP contribution in [0.25, 0.3) is 0 Å². The smallest absolute Gasteiger partial charge is 0.243 e. The maximum Gasteiger partial charge on any atom is 0.243 e. The van der Waals surface area contributed by atoms with Crippen molar-refractivity contribution in [3.8, 4) is 0 Å². The number of nitrogens with zero attached hydrogens (tertiary/aromatic N) is 1. The van der Waals surface area contributed by atoms with Gasteiger partial charge in [-0.1, -0.05) is 36.8 Å². The fourth-order valence-corrected chi connectivity index (χ4v) is 4.31. The predicted octanol–water partition coefficient (Wildman–Crippen LogP) is 3.33. The molecular weight excluding hydrogens is 260 g/mol. The molecule has 1 aromatic carbocycles. The van der Waals surface area contributed by atoms with Gasteiger partial charge in [0.2, 0.25) is 5.91 Å². The van der Waals surface area contributed by atoms with Gasteiger partial charge in [-0.05, 0) is 54.9 Å². The molecule has 3 saturated carbocycles. The number of benzene rings is 1. The topological polar surface area (TPSA) is 41.5 Å². The van der Waals surface area contributed by atoms with Crippen molar-refractivity contribution in [2.24, 2.45) is 28.8 Å². The third kappa shape index (κ3) is 2.61. The molecule has 4 rings (SSSR count). The molecule has 3 fully saturated rings. The zero-order valence-corrected chi connectivity index (χ0v) is 12.2. The van der Waals surface area contributed by atoms with E-state index in [4.69, 9.17) is 0 Å². The van der Waals surface area contributed by atoms with Crippen molar-refractivity contribution >= 4 is 12.1 Å². The largest absolute Gasteiger partial charge is 0.273 e. The second-order valence-electron chi connectivity index (χ2n) is 6.95. The summed E-state index contributed by atoms with van der Waals surface area (Å²) in [6.45, 7) is 0. The second kappa shape index (κ2) is 5.28. The van der Waals surface area contributed by atoms with E-state index >= 15 is 0 Å². The van der Waals surface area contributed by atoms with Gasteiger partial charge in [0.25, 0.3) is 0 Å². The van der Waals surface area contributed by atoms with Crippen molar-refractivity contribution in [2.45, 2.75) is 38.0 Å². The van der Waals surface area contributed by atoms with E-state index in [-0.39, 0.29) is 11.8 Å². The molecule has 21 heavy (non-hydrogen) atoms. The molecule has 0 aliphatic heterocycles. The highest BCUT2D eigenvalue weighted by Gasteiger charge is 2.44. The Bertz CT molecular complexity index is 554. The highest BCUT2D eigenvalue weighted by Crippen LogP contribution is 2.48. The Kier molecular flexibility index (Phi) is 3.28. The third-order valence-corrected chi connectivity index (χ3v) is 5.59. The Balaban J connectivity index is 1.28. The molecule has 0 spiro atoms. The summed E-state index contributed by atoms with van der Waals surface area (Å²) in [7, 11) is 0. The van der Waals surface area contributed by atoms with E-state index in [0.717, 1.165) is 18.3 Å². The molecular formula is C18H22N2O. The first-order valence-electron chi connectivity index (χ1n) is 8.19. The number of carbonyl (C=O) groups is 1. The summed E-state index contributed by atoms with van der Waals surface area (Å²) in [4.78, 5) is 12.1. The third-order valence-electron chi connectivity index (χ3n) is 5.59. The fraction of sp³-hybridized carbons (Fsp3) is 0.556. The molecule has 0 saturated heterocycles. The number of hydrazone groups is 1. The molecule has 3 heteroatoms. The standard InChI is InChI=1S/C18H22N2O/c21-18(17-10-16(17)13-4-2-1-3-5-13)20-19-11-15-9-12-6-7-14(15)8-12/h1-5,11-12,14-17H,6-10H2,(H,20,21)/b19-11-/t12-,14-,15-,16-,17-/m1/s1. The number of rotatable bonds is 4. The molecule has 3 aliphatic rings. The second-order valence-corrected chi connectivity index (χ2v) is 6.95. The van der Waals surface area contributed by atoms with Gasteiger partial charge < -0.3 is 0 Å². The van der Waals surface area contributed by atoms with E-state index in [0.29, 0.717) is 11.8 Å². The maximum absolute atomic E-state index is 12.1. The predicted molar refractivity (Wildman–Crippen MR) is 82.9 cm³/mol. The molecule has 1 N–H and O–H groups in total. The molecule has 2 bridgehead atoms. The number of amides is 1. The van der Waals surface area contributed by atoms with Crippen LogP contribution in [0.1, 0.15) is 43.6 Å². The average molecular weight is 282 g/mol. The minimum Gasteiger partial charge on any atom is -0.273 e. The molecule has 3 nitrogen and oxygen atoms in total. The average Bonchev–Trinajstić information content (AvgIpc) is 3.06. The summed E-state index contributed by atoms with van der Waals surface area (Å²) < 4.78 is 0. The van der Waals surface area contributed by atoms with Crippen LogP contribution in [0.5, 0.6) is 0 Å². The SMILES string of the molecule is O=C(N/N=C\[C@H]1C[C@@H]2CC[C@@H]1C2)[C@@H]1C[C@@H]1c1ccccc1. The molecule has 1 amide bonds. The van der Waals surface area contributed by atoms with E-state index in [1.54, 1.807) is 0 Å². The monoisotopic (exact) mass is 282 g/mol. The number of hydrogen-bond donors (Lipinski definition) is 1. The Morgan fingerprint density at radius 1 is 1.14 bits per heavy atom. The lowest BCUT2D eigenvalue weighted by molar-refractivity contribution is -0.122. The molecule has 0 aromatic heterocycles. The number of carbonyl (C=O) groups excluding carboxylic acids is 1.